The standard InChI is InChI=1S/C17H22FN5O.HI/c1-19-17(20-9-13-4-3-5-15(18)8-13)23-6-7-24-16(12-23)14-10-21-22(2)11-14;/h3-5,8,10-11,16H,6-7,9,12H2,1-2H3,(H,19,20);1H. The van der Waals surface area contributed by atoms with Gasteiger partial charge < -0.3 is 15.0 Å². The van der Waals surface area contributed by atoms with Crippen molar-refractivity contribution in [2.24, 2.45) is 12.0 Å². The largest absolute Gasteiger partial charge is 0.370 e. The summed E-state index contributed by atoms with van der Waals surface area (Å²) in [5.41, 5.74) is 1.94. The van der Waals surface area contributed by atoms with Gasteiger partial charge in [0.1, 0.15) is 11.9 Å². The van der Waals surface area contributed by atoms with E-state index in [0.29, 0.717) is 19.7 Å². The van der Waals surface area contributed by atoms with E-state index in [1.807, 2.05) is 25.5 Å². The Morgan fingerprint density at radius 3 is 3.00 bits per heavy atom. The highest BCUT2D eigenvalue weighted by atomic mass is 127. The second kappa shape index (κ2) is 9.14. The van der Waals surface area contributed by atoms with Crippen molar-refractivity contribution in [1.29, 1.82) is 0 Å². The molecular formula is C17H23FIN5O. The van der Waals surface area contributed by atoms with Gasteiger partial charge in [0.2, 0.25) is 0 Å². The Balaban J connectivity index is 0.00000225. The lowest BCUT2D eigenvalue weighted by molar-refractivity contribution is -0.00805. The second-order valence-corrected chi connectivity index (χ2v) is 5.78. The van der Waals surface area contributed by atoms with E-state index in [1.54, 1.807) is 17.8 Å². The molecule has 0 spiro atoms. The smallest absolute Gasteiger partial charge is 0.194 e. The molecule has 0 bridgehead atoms. The minimum Gasteiger partial charge on any atom is -0.370 e. The van der Waals surface area contributed by atoms with Crippen molar-refractivity contribution < 1.29 is 9.13 Å². The van der Waals surface area contributed by atoms with E-state index in [0.717, 1.165) is 23.6 Å². The van der Waals surface area contributed by atoms with Gasteiger partial charge in [0.15, 0.2) is 5.96 Å². The van der Waals surface area contributed by atoms with E-state index in [2.05, 4.69) is 20.3 Å². The number of hydrogen-bond donors (Lipinski definition) is 1. The molecule has 1 aliphatic heterocycles. The van der Waals surface area contributed by atoms with Crippen LogP contribution in [0.1, 0.15) is 17.2 Å². The van der Waals surface area contributed by atoms with Crippen LogP contribution >= 0.6 is 24.0 Å². The number of nitrogens with one attached hydrogen (secondary N) is 1. The topological polar surface area (TPSA) is 54.7 Å². The molecule has 8 heteroatoms. The molecule has 2 heterocycles. The molecular weight excluding hydrogens is 436 g/mol. The van der Waals surface area contributed by atoms with Crippen LogP contribution in [0.15, 0.2) is 41.7 Å². The van der Waals surface area contributed by atoms with Crippen molar-refractivity contribution in [2.45, 2.75) is 12.6 Å². The molecule has 6 nitrogen and oxygen atoms in total. The molecule has 1 saturated heterocycles. The van der Waals surface area contributed by atoms with Crippen molar-refractivity contribution in [3.8, 4) is 0 Å². The number of aliphatic imine (C=N–C) groups is 1. The van der Waals surface area contributed by atoms with Gasteiger partial charge in [0, 0.05) is 38.9 Å². The summed E-state index contributed by atoms with van der Waals surface area (Å²) >= 11 is 0. The fourth-order valence-electron chi connectivity index (χ4n) is 2.81. The Bertz CT molecular complexity index is 721. The Morgan fingerprint density at radius 2 is 2.32 bits per heavy atom. The fraction of sp³-hybridized carbons (Fsp3) is 0.412. The number of aromatic nitrogens is 2. The third-order valence-electron chi connectivity index (χ3n) is 4.01. The minimum absolute atomic E-state index is 0. The Labute approximate surface area is 164 Å². The molecule has 0 radical (unpaired) electrons. The number of guanidine groups is 1. The van der Waals surface area contributed by atoms with E-state index in [9.17, 15) is 4.39 Å². The van der Waals surface area contributed by atoms with Crippen LogP contribution in [0.4, 0.5) is 4.39 Å². The molecule has 3 rings (SSSR count). The molecule has 1 aromatic heterocycles. The number of halogens is 2. The van der Waals surface area contributed by atoms with E-state index in [-0.39, 0.29) is 35.9 Å². The van der Waals surface area contributed by atoms with Gasteiger partial charge in [-0.05, 0) is 17.7 Å². The van der Waals surface area contributed by atoms with Crippen molar-refractivity contribution in [1.82, 2.24) is 20.0 Å². The van der Waals surface area contributed by atoms with Gasteiger partial charge in [-0.2, -0.15) is 5.10 Å². The van der Waals surface area contributed by atoms with E-state index in [4.69, 9.17) is 4.74 Å². The third kappa shape index (κ3) is 5.15. The average molecular weight is 459 g/mol. The van der Waals surface area contributed by atoms with Crippen LogP contribution < -0.4 is 5.32 Å². The van der Waals surface area contributed by atoms with Crippen LogP contribution in [0, 0.1) is 5.82 Å². The number of rotatable bonds is 3. The lowest BCUT2D eigenvalue weighted by Crippen LogP contribution is -2.47. The number of ether oxygens (including phenoxy) is 1. The number of nitrogens with zero attached hydrogens (tertiary/aromatic N) is 4. The van der Waals surface area contributed by atoms with E-state index < -0.39 is 0 Å². The molecule has 0 amide bonds. The summed E-state index contributed by atoms with van der Waals surface area (Å²) in [4.78, 5) is 6.50. The Morgan fingerprint density at radius 1 is 1.48 bits per heavy atom. The molecule has 1 aromatic carbocycles. The summed E-state index contributed by atoms with van der Waals surface area (Å²) in [6.07, 6.45) is 3.77. The van der Waals surface area contributed by atoms with Crippen LogP contribution in [0.2, 0.25) is 0 Å². The fourth-order valence-corrected chi connectivity index (χ4v) is 2.81. The first-order valence-electron chi connectivity index (χ1n) is 7.96. The van der Waals surface area contributed by atoms with Crippen molar-refractivity contribution in [3.05, 3.63) is 53.6 Å². The van der Waals surface area contributed by atoms with Crippen molar-refractivity contribution >= 4 is 29.9 Å². The molecule has 1 fully saturated rings. The first-order valence-corrected chi connectivity index (χ1v) is 7.96. The maximum atomic E-state index is 13.3. The zero-order valence-electron chi connectivity index (χ0n) is 14.4. The normalized spacial score (nSPS) is 18.0. The van der Waals surface area contributed by atoms with Gasteiger partial charge in [-0.15, -0.1) is 24.0 Å². The summed E-state index contributed by atoms with van der Waals surface area (Å²) in [5, 5.41) is 7.50. The monoisotopic (exact) mass is 459 g/mol. The quantitative estimate of drug-likeness (QED) is 0.435. The Hall–Kier alpha value is -1.68. The summed E-state index contributed by atoms with van der Waals surface area (Å²) in [6, 6.07) is 6.57. The molecule has 0 saturated carbocycles. The summed E-state index contributed by atoms with van der Waals surface area (Å²) in [6.45, 7) is 2.62. The lowest BCUT2D eigenvalue weighted by Gasteiger charge is -2.34. The number of hydrogen-bond acceptors (Lipinski definition) is 3. The van der Waals surface area contributed by atoms with Crippen LogP contribution in [0.3, 0.4) is 0 Å². The van der Waals surface area contributed by atoms with Crippen LogP contribution in [-0.2, 0) is 18.3 Å². The molecule has 1 N–H and O–H groups in total. The van der Waals surface area contributed by atoms with Gasteiger partial charge in [-0.3, -0.25) is 9.67 Å². The second-order valence-electron chi connectivity index (χ2n) is 5.78. The van der Waals surface area contributed by atoms with Crippen molar-refractivity contribution in [2.75, 3.05) is 26.7 Å². The van der Waals surface area contributed by atoms with Crippen LogP contribution in [0.5, 0.6) is 0 Å². The van der Waals surface area contributed by atoms with Gasteiger partial charge >= 0.3 is 0 Å². The predicted molar refractivity (Wildman–Crippen MR) is 105 cm³/mol. The highest BCUT2D eigenvalue weighted by Gasteiger charge is 2.25. The first kappa shape index (κ1) is 19.6. The maximum absolute atomic E-state index is 13.3. The molecule has 1 aliphatic rings. The lowest BCUT2D eigenvalue weighted by atomic mass is 10.1. The van der Waals surface area contributed by atoms with Crippen LogP contribution in [0.25, 0.3) is 0 Å². The average Bonchev–Trinajstić information content (AvgIpc) is 3.02. The van der Waals surface area contributed by atoms with Gasteiger partial charge in [-0.1, -0.05) is 12.1 Å². The zero-order valence-corrected chi connectivity index (χ0v) is 16.7. The molecule has 25 heavy (non-hydrogen) atoms. The van der Waals surface area contributed by atoms with Gasteiger partial charge in [0.05, 0.1) is 19.3 Å². The highest BCUT2D eigenvalue weighted by Crippen LogP contribution is 2.21. The summed E-state index contributed by atoms with van der Waals surface area (Å²) in [7, 11) is 3.64. The zero-order chi connectivity index (χ0) is 16.9. The van der Waals surface area contributed by atoms with Gasteiger partial charge in [-0.25, -0.2) is 4.39 Å². The minimum atomic E-state index is -0.229. The predicted octanol–water partition coefficient (Wildman–Crippen LogP) is 2.33. The highest BCUT2D eigenvalue weighted by molar-refractivity contribution is 14.0. The summed E-state index contributed by atoms with van der Waals surface area (Å²) in [5.74, 6) is 0.559. The maximum Gasteiger partial charge on any atom is 0.194 e. The number of benzene rings is 1. The van der Waals surface area contributed by atoms with E-state index in [1.165, 1.54) is 12.1 Å². The molecule has 0 aliphatic carbocycles. The van der Waals surface area contributed by atoms with E-state index >= 15 is 0 Å². The first-order chi connectivity index (χ1) is 11.7. The van der Waals surface area contributed by atoms with Gasteiger partial charge in [0.25, 0.3) is 0 Å². The number of morpholine rings is 1. The molecule has 2 aromatic rings. The number of aryl methyl sites for hydroxylation is 1. The third-order valence-corrected chi connectivity index (χ3v) is 4.01. The molecule has 1 atom stereocenters. The Kier molecular flexibility index (Phi) is 7.18. The molecule has 136 valence electrons. The van der Waals surface area contributed by atoms with Crippen LogP contribution in [-0.4, -0.2) is 47.4 Å². The van der Waals surface area contributed by atoms with Crippen molar-refractivity contribution in [3.63, 3.8) is 0 Å². The SMILES string of the molecule is CN=C(NCc1cccc(F)c1)N1CCOC(c2cnn(C)c2)C1.I. The summed E-state index contributed by atoms with van der Waals surface area (Å²) < 4.78 is 20.9. The molecule has 1 unspecified atom stereocenters.